The largest absolute Gasteiger partial charge is 0.440 e. The average molecular weight is 562 g/mol. The van der Waals surface area contributed by atoms with Crippen LogP contribution in [-0.4, -0.2) is 76.5 Å². The quantitative estimate of drug-likeness (QED) is 0.449. The van der Waals surface area contributed by atoms with Crippen LogP contribution in [0.15, 0.2) is 0 Å². The van der Waals surface area contributed by atoms with Crippen LogP contribution in [0.2, 0.25) is 0 Å². The van der Waals surface area contributed by atoms with Crippen LogP contribution in [-0.2, 0) is 9.47 Å². The second-order valence-electron chi connectivity index (χ2n) is 16.9. The molecular weight excluding hydrogens is 506 g/mol. The van der Waals surface area contributed by atoms with Crippen molar-refractivity contribution in [3.8, 4) is 0 Å². The SMILES string of the molecule is C[C@@H]1CC([C@H](OC(=O)N(C)C)C(C)(C)O)OC2[C@H]1[C@@]1(C)CC[C@@]34C[C@@]35CC[C@H](O)C(C)(C)[C@@H]5CCC4[C@]1(C)[C@H]2O. The van der Waals surface area contributed by atoms with E-state index in [9.17, 15) is 20.1 Å². The lowest BCUT2D eigenvalue weighted by Gasteiger charge is -2.63. The molecule has 0 bridgehead atoms. The summed E-state index contributed by atoms with van der Waals surface area (Å²) in [6.45, 7) is 15.0. The Kier molecular flexibility index (Phi) is 6.28. The number of carbonyl (C=O) groups is 1. The highest BCUT2D eigenvalue weighted by Crippen LogP contribution is 2.89. The number of nitrogens with zero attached hydrogens (tertiary/aromatic N) is 1. The molecule has 7 nitrogen and oxygen atoms in total. The second-order valence-corrected chi connectivity index (χ2v) is 16.9. The molecule has 3 unspecified atom stereocenters. The smallest absolute Gasteiger partial charge is 0.409 e. The number of rotatable bonds is 3. The van der Waals surface area contributed by atoms with E-state index in [0.717, 1.165) is 32.1 Å². The molecule has 0 aromatic carbocycles. The standard InChI is InChI=1S/C33H55NO6/c1-18-16-19(26(29(4,5)38)40-27(37)34(8)9)39-24-23(18)30(6)14-15-33-17-32(33)13-12-22(35)28(2,3)20(32)10-11-21(33)31(30,7)25(24)36/h18-26,35-36,38H,10-17H2,1-9H3/t18-,19?,20+,21?,22+,23+,24?,25+,26+,30-,31-,32-,33+/m1/s1. The number of hydrogen-bond acceptors (Lipinski definition) is 6. The first-order chi connectivity index (χ1) is 18.4. The van der Waals surface area contributed by atoms with Gasteiger partial charge in [0.25, 0.3) is 0 Å². The maximum atomic E-state index is 12.6. The highest BCUT2D eigenvalue weighted by Gasteiger charge is 2.84. The summed E-state index contributed by atoms with van der Waals surface area (Å²) in [5, 5.41) is 34.4. The van der Waals surface area contributed by atoms with Gasteiger partial charge >= 0.3 is 6.09 Å². The summed E-state index contributed by atoms with van der Waals surface area (Å²) >= 11 is 0. The number of amides is 1. The van der Waals surface area contributed by atoms with Gasteiger partial charge in [0.1, 0.15) is 0 Å². The average Bonchev–Trinajstić information content (AvgIpc) is 3.49. The van der Waals surface area contributed by atoms with Gasteiger partial charge in [0, 0.05) is 19.5 Å². The summed E-state index contributed by atoms with van der Waals surface area (Å²) in [5.74, 6) is 1.46. The van der Waals surface area contributed by atoms with E-state index in [1.54, 1.807) is 27.9 Å². The molecule has 5 aliphatic carbocycles. The molecule has 1 heterocycles. The molecular formula is C33H55NO6. The zero-order valence-corrected chi connectivity index (χ0v) is 26.4. The van der Waals surface area contributed by atoms with E-state index in [1.807, 2.05) is 0 Å². The fraction of sp³-hybridized carbons (Fsp3) is 0.970. The van der Waals surface area contributed by atoms with Crippen LogP contribution in [0.3, 0.4) is 0 Å². The van der Waals surface area contributed by atoms with E-state index in [2.05, 4.69) is 34.6 Å². The van der Waals surface area contributed by atoms with Crippen LogP contribution in [0.5, 0.6) is 0 Å². The normalized spacial score (nSPS) is 53.2. The molecule has 1 aliphatic heterocycles. The van der Waals surface area contributed by atoms with Crippen LogP contribution < -0.4 is 0 Å². The number of aliphatic hydroxyl groups is 3. The number of fused-ring (bicyclic) bond motifs is 4. The van der Waals surface area contributed by atoms with Crippen molar-refractivity contribution in [2.24, 2.45) is 50.7 Å². The van der Waals surface area contributed by atoms with Gasteiger partial charge in [-0.25, -0.2) is 4.79 Å². The van der Waals surface area contributed by atoms with Crippen LogP contribution in [0.25, 0.3) is 0 Å². The summed E-state index contributed by atoms with van der Waals surface area (Å²) in [5.41, 5.74) is -1.11. The third-order valence-corrected chi connectivity index (χ3v) is 14.4. The maximum Gasteiger partial charge on any atom is 0.409 e. The molecule has 0 radical (unpaired) electrons. The van der Waals surface area contributed by atoms with Crippen molar-refractivity contribution < 1.29 is 29.6 Å². The molecule has 7 heteroatoms. The predicted molar refractivity (Wildman–Crippen MR) is 152 cm³/mol. The molecule has 40 heavy (non-hydrogen) atoms. The molecule has 1 amide bonds. The molecule has 6 fully saturated rings. The molecule has 3 N–H and O–H groups in total. The lowest BCUT2D eigenvalue weighted by Crippen LogP contribution is -2.59. The Morgan fingerprint density at radius 3 is 2.25 bits per heavy atom. The first-order valence-electron chi connectivity index (χ1n) is 16.0. The van der Waals surface area contributed by atoms with Crippen LogP contribution in [0.1, 0.15) is 99.8 Å². The van der Waals surface area contributed by atoms with E-state index in [4.69, 9.17) is 9.47 Å². The highest BCUT2D eigenvalue weighted by molar-refractivity contribution is 5.67. The Bertz CT molecular complexity index is 1050. The third-order valence-electron chi connectivity index (χ3n) is 14.4. The zero-order valence-electron chi connectivity index (χ0n) is 26.4. The second kappa shape index (κ2) is 8.60. The first-order valence-corrected chi connectivity index (χ1v) is 16.0. The van der Waals surface area contributed by atoms with Gasteiger partial charge in [-0.2, -0.15) is 0 Å². The monoisotopic (exact) mass is 561 g/mol. The molecule has 13 atom stereocenters. The zero-order chi connectivity index (χ0) is 29.4. The summed E-state index contributed by atoms with van der Waals surface area (Å²) < 4.78 is 12.6. The number of hydrogen-bond donors (Lipinski definition) is 3. The Morgan fingerprint density at radius 1 is 1.00 bits per heavy atom. The Morgan fingerprint density at radius 2 is 1.62 bits per heavy atom. The predicted octanol–water partition coefficient (Wildman–Crippen LogP) is 5.00. The maximum absolute atomic E-state index is 12.6. The molecule has 2 spiro atoms. The van der Waals surface area contributed by atoms with E-state index < -0.39 is 30.0 Å². The number of aliphatic hydroxyl groups excluding tert-OH is 2. The topological polar surface area (TPSA) is 99.5 Å². The number of carbonyl (C=O) groups excluding carboxylic acids is 1. The molecule has 1 saturated heterocycles. The van der Waals surface area contributed by atoms with E-state index in [0.29, 0.717) is 23.7 Å². The minimum atomic E-state index is -1.28. The first kappa shape index (κ1) is 29.2. The Balaban J connectivity index is 1.33. The molecule has 0 aromatic heterocycles. The molecule has 6 aliphatic rings. The van der Waals surface area contributed by atoms with Crippen molar-refractivity contribution >= 4 is 6.09 Å². The Labute approximate surface area is 241 Å². The van der Waals surface area contributed by atoms with E-state index in [1.165, 1.54) is 17.7 Å². The lowest BCUT2D eigenvalue weighted by molar-refractivity contribution is -0.203. The summed E-state index contributed by atoms with van der Waals surface area (Å²) in [4.78, 5) is 14.0. The van der Waals surface area contributed by atoms with Crippen LogP contribution >= 0.6 is 0 Å². The molecule has 228 valence electrons. The van der Waals surface area contributed by atoms with Gasteiger partial charge in [0.2, 0.25) is 0 Å². The van der Waals surface area contributed by atoms with Gasteiger partial charge in [0.05, 0.1) is 30.0 Å². The summed E-state index contributed by atoms with van der Waals surface area (Å²) in [6.07, 6.45) is 5.50. The lowest BCUT2D eigenvalue weighted by atomic mass is 9.41. The molecule has 0 aromatic rings. The van der Waals surface area contributed by atoms with Gasteiger partial charge < -0.3 is 29.7 Å². The fourth-order valence-corrected chi connectivity index (χ4v) is 12.4. The van der Waals surface area contributed by atoms with Crippen molar-refractivity contribution in [2.45, 2.75) is 136 Å². The van der Waals surface area contributed by atoms with Crippen LogP contribution in [0.4, 0.5) is 4.79 Å². The van der Waals surface area contributed by atoms with Crippen molar-refractivity contribution in [1.82, 2.24) is 4.90 Å². The van der Waals surface area contributed by atoms with Gasteiger partial charge in [-0.3, -0.25) is 0 Å². The molecule has 6 rings (SSSR count). The third kappa shape index (κ3) is 3.41. The van der Waals surface area contributed by atoms with Crippen molar-refractivity contribution in [3.63, 3.8) is 0 Å². The van der Waals surface area contributed by atoms with Crippen molar-refractivity contribution in [1.29, 1.82) is 0 Å². The Hall–Kier alpha value is -0.890. The minimum absolute atomic E-state index is 0.0533. The summed E-state index contributed by atoms with van der Waals surface area (Å²) in [6, 6.07) is 0. The molecule has 5 saturated carbocycles. The van der Waals surface area contributed by atoms with Gasteiger partial charge in [-0.1, -0.05) is 34.6 Å². The van der Waals surface area contributed by atoms with Crippen LogP contribution in [0, 0.1) is 50.7 Å². The minimum Gasteiger partial charge on any atom is -0.440 e. The van der Waals surface area contributed by atoms with E-state index >= 15 is 0 Å². The van der Waals surface area contributed by atoms with E-state index in [-0.39, 0.29) is 45.7 Å². The summed E-state index contributed by atoms with van der Waals surface area (Å²) in [7, 11) is 3.28. The van der Waals surface area contributed by atoms with Gasteiger partial charge in [0.15, 0.2) is 6.10 Å². The van der Waals surface area contributed by atoms with Crippen molar-refractivity contribution in [2.75, 3.05) is 14.1 Å². The number of ether oxygens (including phenoxy) is 2. The van der Waals surface area contributed by atoms with Gasteiger partial charge in [-0.05, 0) is 111 Å². The fourth-order valence-electron chi connectivity index (χ4n) is 12.4. The van der Waals surface area contributed by atoms with Gasteiger partial charge in [-0.15, -0.1) is 0 Å². The highest BCUT2D eigenvalue weighted by atomic mass is 16.6. The van der Waals surface area contributed by atoms with Crippen molar-refractivity contribution in [3.05, 3.63) is 0 Å².